The van der Waals surface area contributed by atoms with Crippen molar-refractivity contribution in [2.24, 2.45) is 0 Å². The molecule has 0 aromatic heterocycles. The van der Waals surface area contributed by atoms with E-state index in [9.17, 15) is 0 Å². The van der Waals surface area contributed by atoms with Gasteiger partial charge in [0.1, 0.15) is 0 Å². The van der Waals surface area contributed by atoms with Crippen molar-refractivity contribution in [3.63, 3.8) is 0 Å². The van der Waals surface area contributed by atoms with Gasteiger partial charge >= 0.3 is 0 Å². The molecule has 0 heterocycles. The molecule has 0 saturated heterocycles. The van der Waals surface area contributed by atoms with E-state index in [4.69, 9.17) is 22.1 Å². The van der Waals surface area contributed by atoms with Crippen LogP contribution in [0.25, 0.3) is 0 Å². The minimum Gasteiger partial charge on any atom is -0.382 e. The van der Waals surface area contributed by atoms with Crippen molar-refractivity contribution in [3.05, 3.63) is 0 Å². The van der Waals surface area contributed by atoms with Crippen LogP contribution in [0.2, 0.25) is 0 Å². The smallest absolute Gasteiger partial charge is 0.0466 e. The minimum atomic E-state index is 0.819. The Balaban J connectivity index is 2.76. The summed E-state index contributed by atoms with van der Waals surface area (Å²) >= 11 is 4.83. The van der Waals surface area contributed by atoms with Crippen molar-refractivity contribution >= 4 is 12.6 Å². The normalized spacial score (nSPS) is 10.6. The van der Waals surface area contributed by atoms with E-state index in [2.05, 4.69) is 0 Å². The molecule has 1 radical (unpaired) electrons. The standard InChI is InChI=1S/C10H21O2S/c1-2-11-7-3-4-8-12-9-5-6-10-13/h2-10H2,1H3. The summed E-state index contributed by atoms with van der Waals surface area (Å²) in [4.78, 5) is 0. The van der Waals surface area contributed by atoms with Gasteiger partial charge in [0.15, 0.2) is 0 Å². The molecule has 0 spiro atoms. The number of ether oxygens (including phenoxy) is 2. The number of unbranched alkanes of at least 4 members (excludes halogenated alkanes) is 2. The van der Waals surface area contributed by atoms with Gasteiger partial charge in [0.25, 0.3) is 0 Å². The van der Waals surface area contributed by atoms with E-state index in [1.165, 1.54) is 0 Å². The van der Waals surface area contributed by atoms with Gasteiger partial charge in [0, 0.05) is 32.2 Å². The first kappa shape index (κ1) is 13.3. The lowest BCUT2D eigenvalue weighted by atomic mass is 10.3. The van der Waals surface area contributed by atoms with Crippen LogP contribution >= 0.6 is 12.6 Å². The van der Waals surface area contributed by atoms with Crippen LogP contribution in [0.4, 0.5) is 0 Å². The van der Waals surface area contributed by atoms with Gasteiger partial charge in [-0.1, -0.05) is 12.6 Å². The third-order valence-electron chi connectivity index (χ3n) is 1.71. The van der Waals surface area contributed by atoms with Crippen LogP contribution in [0.3, 0.4) is 0 Å². The largest absolute Gasteiger partial charge is 0.382 e. The number of rotatable bonds is 10. The van der Waals surface area contributed by atoms with Gasteiger partial charge in [-0.05, 0) is 32.6 Å². The molecule has 0 aromatic carbocycles. The lowest BCUT2D eigenvalue weighted by molar-refractivity contribution is 0.106. The molecule has 0 saturated carbocycles. The van der Waals surface area contributed by atoms with Gasteiger partial charge in [-0.3, -0.25) is 0 Å². The second kappa shape index (κ2) is 12.3. The van der Waals surface area contributed by atoms with Crippen LogP contribution < -0.4 is 0 Å². The summed E-state index contributed by atoms with van der Waals surface area (Å²) in [5.74, 6) is 0.855. The van der Waals surface area contributed by atoms with Crippen molar-refractivity contribution in [1.29, 1.82) is 0 Å². The van der Waals surface area contributed by atoms with Crippen LogP contribution in [-0.4, -0.2) is 32.2 Å². The Kier molecular flexibility index (Phi) is 12.5. The lowest BCUT2D eigenvalue weighted by Gasteiger charge is -2.03. The van der Waals surface area contributed by atoms with Crippen molar-refractivity contribution in [2.75, 3.05) is 32.2 Å². The Morgan fingerprint density at radius 2 is 1.38 bits per heavy atom. The van der Waals surface area contributed by atoms with Crippen molar-refractivity contribution < 1.29 is 9.47 Å². The molecule has 0 aliphatic heterocycles. The third-order valence-corrected chi connectivity index (χ3v) is 2.00. The molecule has 0 N–H and O–H groups in total. The fraction of sp³-hybridized carbons (Fsp3) is 1.00. The molecule has 0 unspecified atom stereocenters. The van der Waals surface area contributed by atoms with Crippen molar-refractivity contribution in [3.8, 4) is 0 Å². The molecule has 0 bridgehead atoms. The van der Waals surface area contributed by atoms with Crippen LogP contribution in [-0.2, 0) is 9.47 Å². The van der Waals surface area contributed by atoms with Crippen LogP contribution in [0.5, 0.6) is 0 Å². The highest BCUT2D eigenvalue weighted by Crippen LogP contribution is 1.95. The maximum Gasteiger partial charge on any atom is 0.0466 e. The zero-order valence-electron chi connectivity index (χ0n) is 8.59. The van der Waals surface area contributed by atoms with Gasteiger partial charge in [-0.25, -0.2) is 0 Å². The highest BCUT2D eigenvalue weighted by atomic mass is 32.1. The second-order valence-corrected chi connectivity index (χ2v) is 3.34. The van der Waals surface area contributed by atoms with E-state index >= 15 is 0 Å². The second-order valence-electron chi connectivity index (χ2n) is 2.93. The molecule has 79 valence electrons. The van der Waals surface area contributed by atoms with Gasteiger partial charge in [-0.2, -0.15) is 0 Å². The Morgan fingerprint density at radius 3 is 1.92 bits per heavy atom. The molecule has 0 atom stereocenters. The van der Waals surface area contributed by atoms with Crippen LogP contribution in [0.1, 0.15) is 32.6 Å². The van der Waals surface area contributed by atoms with Gasteiger partial charge in [0.05, 0.1) is 0 Å². The van der Waals surface area contributed by atoms with Crippen molar-refractivity contribution in [2.45, 2.75) is 32.6 Å². The van der Waals surface area contributed by atoms with E-state index in [1.807, 2.05) is 6.92 Å². The number of hydrogen-bond acceptors (Lipinski definition) is 2. The molecule has 2 nitrogen and oxygen atoms in total. The molecule has 0 rings (SSSR count). The molecule has 0 amide bonds. The van der Waals surface area contributed by atoms with Crippen molar-refractivity contribution in [1.82, 2.24) is 0 Å². The van der Waals surface area contributed by atoms with E-state index in [0.29, 0.717) is 0 Å². The highest BCUT2D eigenvalue weighted by molar-refractivity contribution is 7.80. The first-order valence-electron chi connectivity index (χ1n) is 5.15. The Bertz CT molecular complexity index is 79.0. The summed E-state index contributed by atoms with van der Waals surface area (Å²) in [6.07, 6.45) is 4.42. The van der Waals surface area contributed by atoms with Crippen LogP contribution in [0.15, 0.2) is 0 Å². The molecule has 0 aromatic rings. The Hall–Kier alpha value is 0.270. The van der Waals surface area contributed by atoms with E-state index in [-0.39, 0.29) is 0 Å². The minimum absolute atomic E-state index is 0.819. The molecule has 0 fully saturated rings. The summed E-state index contributed by atoms with van der Waals surface area (Å²) in [5.41, 5.74) is 0. The molecule has 0 aliphatic rings. The predicted molar refractivity (Wildman–Crippen MR) is 58.2 cm³/mol. The zero-order chi connectivity index (χ0) is 9.78. The SMILES string of the molecule is CCOCCCCOCCCC[S]. The third kappa shape index (κ3) is 12.3. The lowest BCUT2D eigenvalue weighted by Crippen LogP contribution is -2.00. The first-order valence-corrected chi connectivity index (χ1v) is 5.73. The van der Waals surface area contributed by atoms with Gasteiger partial charge < -0.3 is 9.47 Å². The average molecular weight is 205 g/mol. The topological polar surface area (TPSA) is 18.5 Å². The number of hydrogen-bond donors (Lipinski definition) is 0. The molecule has 0 aliphatic carbocycles. The van der Waals surface area contributed by atoms with Gasteiger partial charge in [-0.15, -0.1) is 0 Å². The Labute approximate surface area is 87.4 Å². The van der Waals surface area contributed by atoms with Crippen LogP contribution in [0, 0.1) is 0 Å². The molecule has 13 heavy (non-hydrogen) atoms. The fourth-order valence-electron chi connectivity index (χ4n) is 0.961. The summed E-state index contributed by atoms with van der Waals surface area (Å²) in [6.45, 7) is 5.44. The Morgan fingerprint density at radius 1 is 0.846 bits per heavy atom. The molecule has 3 heteroatoms. The summed E-state index contributed by atoms with van der Waals surface area (Å²) in [6, 6.07) is 0. The summed E-state index contributed by atoms with van der Waals surface area (Å²) in [5, 5.41) is 0. The van der Waals surface area contributed by atoms with E-state index in [0.717, 1.165) is 57.9 Å². The maximum atomic E-state index is 5.41. The average Bonchev–Trinajstić information content (AvgIpc) is 2.16. The quantitative estimate of drug-likeness (QED) is 0.511. The monoisotopic (exact) mass is 205 g/mol. The summed E-state index contributed by atoms with van der Waals surface area (Å²) in [7, 11) is 0. The predicted octanol–water partition coefficient (Wildman–Crippen LogP) is 2.80. The molecular weight excluding hydrogens is 184 g/mol. The van der Waals surface area contributed by atoms with Gasteiger partial charge in [0.2, 0.25) is 0 Å². The first-order chi connectivity index (χ1) is 6.41. The van der Waals surface area contributed by atoms with E-state index in [1.54, 1.807) is 0 Å². The summed E-state index contributed by atoms with van der Waals surface area (Å²) < 4.78 is 10.6. The molecular formula is C10H21O2S. The zero-order valence-corrected chi connectivity index (χ0v) is 9.41. The fourth-order valence-corrected chi connectivity index (χ4v) is 1.16. The maximum absolute atomic E-state index is 5.41. The van der Waals surface area contributed by atoms with E-state index < -0.39 is 0 Å². The highest BCUT2D eigenvalue weighted by Gasteiger charge is 1.90.